The Morgan fingerprint density at radius 2 is 1.89 bits per heavy atom. The highest BCUT2D eigenvalue weighted by Gasteiger charge is 2.02. The van der Waals surface area contributed by atoms with Crippen LogP contribution < -0.4 is 9.79 Å². The number of hydrogen-bond donors (Lipinski definition) is 0. The molecule has 56 valence electrons. The largest absolute Gasteiger partial charge is 0.811 e. The lowest BCUT2D eigenvalue weighted by Gasteiger charge is -2.28. The number of rotatable bonds is 3. The maximum atomic E-state index is 11.2. The van der Waals surface area contributed by atoms with E-state index < -0.39 is 26.6 Å². The second kappa shape index (κ2) is 3.25. The Labute approximate surface area is 50.9 Å². The normalized spacial score (nSPS) is 12.6. The molecule has 0 saturated carbocycles. The van der Waals surface area contributed by atoms with Crippen LogP contribution in [-0.2, 0) is 4.57 Å². The van der Waals surface area contributed by atoms with Crippen molar-refractivity contribution in [3.05, 3.63) is 0 Å². The van der Waals surface area contributed by atoms with Crippen molar-refractivity contribution in [2.24, 2.45) is 0 Å². The monoisotopic (exact) mass is 158 g/mol. The van der Waals surface area contributed by atoms with Crippen molar-refractivity contribution < 1.29 is 23.1 Å². The Morgan fingerprint density at radius 3 is 2.00 bits per heavy atom. The maximum absolute atomic E-state index is 11.2. The van der Waals surface area contributed by atoms with E-state index in [1.807, 2.05) is 0 Å². The predicted molar refractivity (Wildman–Crippen MR) is 23.1 cm³/mol. The lowest BCUT2D eigenvalue weighted by molar-refractivity contribution is -0.313. The topological polar surface area (TPSA) is 63.2 Å². The standard InChI is InChI=1S/C3H7F2O3P/c4-3(5)1-2-9(6,7)8/h3H,1-2H2,(H2,6,7,8)/p-2. The van der Waals surface area contributed by atoms with Crippen molar-refractivity contribution in [1.29, 1.82) is 0 Å². The highest BCUT2D eigenvalue weighted by atomic mass is 31.2. The molecule has 0 rings (SSSR count). The fourth-order valence-corrected chi connectivity index (χ4v) is 0.767. The van der Waals surface area contributed by atoms with Crippen LogP contribution in [0.4, 0.5) is 8.78 Å². The average Bonchev–Trinajstić information content (AvgIpc) is 1.59. The summed E-state index contributed by atoms with van der Waals surface area (Å²) < 4.78 is 32.0. The van der Waals surface area contributed by atoms with E-state index in [0.717, 1.165) is 0 Å². The van der Waals surface area contributed by atoms with Crippen LogP contribution >= 0.6 is 7.60 Å². The van der Waals surface area contributed by atoms with Gasteiger partial charge in [-0.1, -0.05) is 7.60 Å². The first-order chi connectivity index (χ1) is 3.92. The molecule has 0 fully saturated rings. The Hall–Kier alpha value is 0.01000. The number of alkyl halides is 2. The summed E-state index contributed by atoms with van der Waals surface area (Å²) in [6, 6.07) is 0. The molecule has 0 amide bonds. The maximum Gasteiger partial charge on any atom is 0.239 e. The number of hydrogen-bond acceptors (Lipinski definition) is 3. The Bertz CT molecular complexity index is 120. The highest BCUT2D eigenvalue weighted by Crippen LogP contribution is 2.25. The zero-order valence-electron chi connectivity index (χ0n) is 4.42. The van der Waals surface area contributed by atoms with Gasteiger partial charge in [0.2, 0.25) is 6.43 Å². The van der Waals surface area contributed by atoms with Crippen molar-refractivity contribution in [3.8, 4) is 0 Å². The van der Waals surface area contributed by atoms with Crippen LogP contribution in [0, 0.1) is 0 Å². The van der Waals surface area contributed by atoms with Gasteiger partial charge in [-0.3, -0.25) is 0 Å². The van der Waals surface area contributed by atoms with Gasteiger partial charge >= 0.3 is 0 Å². The molecule has 3 nitrogen and oxygen atoms in total. The molecule has 9 heavy (non-hydrogen) atoms. The van der Waals surface area contributed by atoms with E-state index in [9.17, 15) is 23.1 Å². The molecule has 0 radical (unpaired) electrons. The van der Waals surface area contributed by atoms with E-state index in [0.29, 0.717) is 0 Å². The third-order valence-corrected chi connectivity index (χ3v) is 1.43. The molecular weight excluding hydrogens is 153 g/mol. The van der Waals surface area contributed by atoms with E-state index in [1.165, 1.54) is 0 Å². The smallest absolute Gasteiger partial charge is 0.239 e. The molecule has 0 aromatic carbocycles. The van der Waals surface area contributed by atoms with Crippen LogP contribution in [0.3, 0.4) is 0 Å². The van der Waals surface area contributed by atoms with Gasteiger partial charge in [-0.05, 0) is 6.16 Å². The highest BCUT2D eigenvalue weighted by molar-refractivity contribution is 7.48. The van der Waals surface area contributed by atoms with E-state index in [1.54, 1.807) is 0 Å². The first kappa shape index (κ1) is 9.01. The van der Waals surface area contributed by atoms with Crippen molar-refractivity contribution in [2.45, 2.75) is 12.8 Å². The molecule has 0 aromatic rings. The van der Waals surface area contributed by atoms with E-state index in [2.05, 4.69) is 0 Å². The summed E-state index contributed by atoms with van der Waals surface area (Å²) in [6.45, 7) is 0. The molecule has 0 atom stereocenters. The fraction of sp³-hybridized carbons (Fsp3) is 1.00. The molecule has 0 unspecified atom stereocenters. The average molecular weight is 158 g/mol. The van der Waals surface area contributed by atoms with E-state index >= 15 is 0 Å². The third kappa shape index (κ3) is 8.01. The second-order valence-electron chi connectivity index (χ2n) is 1.51. The minimum Gasteiger partial charge on any atom is -0.811 e. The summed E-state index contributed by atoms with van der Waals surface area (Å²) in [5.41, 5.74) is 0. The van der Waals surface area contributed by atoms with Gasteiger partial charge in [-0.25, -0.2) is 8.78 Å². The zero-order valence-corrected chi connectivity index (χ0v) is 5.31. The molecule has 0 aliphatic carbocycles. The van der Waals surface area contributed by atoms with Crippen LogP contribution in [-0.4, -0.2) is 12.6 Å². The lowest BCUT2D eigenvalue weighted by Crippen LogP contribution is -2.17. The number of halogens is 2. The van der Waals surface area contributed by atoms with Crippen molar-refractivity contribution in [3.63, 3.8) is 0 Å². The first-order valence-electron chi connectivity index (χ1n) is 2.21. The Morgan fingerprint density at radius 1 is 1.44 bits per heavy atom. The summed E-state index contributed by atoms with van der Waals surface area (Å²) in [6.07, 6.45) is -4.52. The molecule has 0 aliphatic rings. The summed E-state index contributed by atoms with van der Waals surface area (Å²) in [7, 11) is -4.70. The first-order valence-corrected chi connectivity index (χ1v) is 3.94. The Kier molecular flexibility index (Phi) is 3.25. The second-order valence-corrected chi connectivity index (χ2v) is 3.18. The zero-order chi connectivity index (χ0) is 7.49. The third-order valence-electron chi connectivity index (χ3n) is 0.621. The van der Waals surface area contributed by atoms with Gasteiger partial charge in [0.25, 0.3) is 0 Å². The minimum atomic E-state index is -4.70. The fourth-order valence-electron chi connectivity index (χ4n) is 0.256. The summed E-state index contributed by atoms with van der Waals surface area (Å²) in [5.74, 6) is 0. The molecule has 0 aliphatic heterocycles. The van der Waals surface area contributed by atoms with E-state index in [4.69, 9.17) is 0 Å². The predicted octanol–water partition coefficient (Wildman–Crippen LogP) is -0.445. The van der Waals surface area contributed by atoms with Gasteiger partial charge in [0.1, 0.15) is 0 Å². The van der Waals surface area contributed by atoms with Gasteiger partial charge in [0, 0.05) is 6.42 Å². The van der Waals surface area contributed by atoms with Crippen molar-refractivity contribution in [1.82, 2.24) is 0 Å². The van der Waals surface area contributed by atoms with Crippen LogP contribution in [0.5, 0.6) is 0 Å². The van der Waals surface area contributed by atoms with Crippen LogP contribution in [0.15, 0.2) is 0 Å². The van der Waals surface area contributed by atoms with Gasteiger partial charge in [0.05, 0.1) is 0 Å². The van der Waals surface area contributed by atoms with Gasteiger partial charge < -0.3 is 14.4 Å². The molecule has 6 heteroatoms. The van der Waals surface area contributed by atoms with Gasteiger partial charge in [-0.2, -0.15) is 0 Å². The lowest BCUT2D eigenvalue weighted by atomic mass is 10.5. The SMILES string of the molecule is O=P([O-])([O-])CCC(F)F. The van der Waals surface area contributed by atoms with Crippen LogP contribution in [0.1, 0.15) is 6.42 Å². The molecule has 0 bridgehead atoms. The van der Waals surface area contributed by atoms with Crippen molar-refractivity contribution in [2.75, 3.05) is 6.16 Å². The van der Waals surface area contributed by atoms with Gasteiger partial charge in [-0.15, -0.1) is 0 Å². The molecule has 0 saturated heterocycles. The molecule has 0 heterocycles. The summed E-state index contributed by atoms with van der Waals surface area (Å²) >= 11 is 0. The Balaban J connectivity index is 3.40. The minimum absolute atomic E-state index is 0.857. The van der Waals surface area contributed by atoms with Crippen LogP contribution in [0.25, 0.3) is 0 Å². The van der Waals surface area contributed by atoms with Gasteiger partial charge in [0.15, 0.2) is 0 Å². The quantitative estimate of drug-likeness (QED) is 0.522. The van der Waals surface area contributed by atoms with Crippen LogP contribution in [0.2, 0.25) is 0 Å². The summed E-state index contributed by atoms with van der Waals surface area (Å²) in [4.78, 5) is 19.3. The summed E-state index contributed by atoms with van der Waals surface area (Å²) in [5, 5.41) is 0. The molecule has 0 spiro atoms. The molecular formula is C3H5F2O3P-2. The van der Waals surface area contributed by atoms with E-state index in [-0.39, 0.29) is 0 Å². The van der Waals surface area contributed by atoms with Crippen molar-refractivity contribution >= 4 is 7.60 Å². The molecule has 0 N–H and O–H groups in total. The molecule has 0 aromatic heterocycles.